The Morgan fingerprint density at radius 3 is 2.85 bits per heavy atom. The zero-order valence-electron chi connectivity index (χ0n) is 13.8. The summed E-state index contributed by atoms with van der Waals surface area (Å²) in [6, 6.07) is 9.24. The van der Waals surface area contributed by atoms with Crippen LogP contribution in [0.1, 0.15) is 16.1 Å². The molecule has 9 heteroatoms. The summed E-state index contributed by atoms with van der Waals surface area (Å²) in [5, 5.41) is 9.85. The lowest BCUT2D eigenvalue weighted by Gasteiger charge is -2.11. The third-order valence-corrected chi connectivity index (χ3v) is 3.88. The molecule has 2 aromatic heterocycles. The average Bonchev–Trinajstić information content (AvgIpc) is 2.95. The van der Waals surface area contributed by atoms with Crippen molar-refractivity contribution in [3.05, 3.63) is 64.8 Å². The van der Waals surface area contributed by atoms with E-state index in [2.05, 4.69) is 20.7 Å². The number of benzene rings is 1. The summed E-state index contributed by atoms with van der Waals surface area (Å²) in [5.74, 6) is -0.471. The predicted molar refractivity (Wildman–Crippen MR) is 98.5 cm³/mol. The number of rotatable bonds is 5. The lowest BCUT2D eigenvalue weighted by molar-refractivity contribution is 0.101. The van der Waals surface area contributed by atoms with Crippen molar-refractivity contribution in [2.75, 3.05) is 16.4 Å². The summed E-state index contributed by atoms with van der Waals surface area (Å²) in [7, 11) is 1.61. The van der Waals surface area contributed by atoms with E-state index in [-0.39, 0.29) is 11.7 Å². The quantitative estimate of drug-likeness (QED) is 0.637. The van der Waals surface area contributed by atoms with Crippen LogP contribution in [0.2, 0.25) is 5.15 Å². The van der Waals surface area contributed by atoms with Crippen molar-refractivity contribution in [3.8, 4) is 0 Å². The molecule has 0 aliphatic rings. The van der Waals surface area contributed by atoms with Gasteiger partial charge in [0.2, 0.25) is 0 Å². The minimum absolute atomic E-state index is 0.184. The number of carbonyl (C=O) groups excluding carboxylic acids is 1. The molecule has 1 amide bonds. The van der Waals surface area contributed by atoms with E-state index in [1.807, 2.05) is 0 Å². The highest BCUT2D eigenvalue weighted by Crippen LogP contribution is 2.20. The number of carbonyl (C=O) groups is 1. The van der Waals surface area contributed by atoms with E-state index < -0.39 is 11.7 Å². The molecule has 0 unspecified atom stereocenters. The molecule has 4 N–H and O–H groups in total. The van der Waals surface area contributed by atoms with Crippen LogP contribution in [0.3, 0.4) is 0 Å². The summed E-state index contributed by atoms with van der Waals surface area (Å²) in [5.41, 5.74) is 7.47. The predicted octanol–water partition coefficient (Wildman–Crippen LogP) is 3.05. The second-order valence-corrected chi connectivity index (χ2v) is 5.91. The van der Waals surface area contributed by atoms with Crippen molar-refractivity contribution in [2.45, 2.75) is 6.54 Å². The van der Waals surface area contributed by atoms with Gasteiger partial charge in [0.25, 0.3) is 5.91 Å². The molecule has 0 aliphatic carbocycles. The van der Waals surface area contributed by atoms with Gasteiger partial charge in [0.1, 0.15) is 17.3 Å². The van der Waals surface area contributed by atoms with Gasteiger partial charge in [-0.2, -0.15) is 5.10 Å². The van der Waals surface area contributed by atoms with Gasteiger partial charge in [-0.15, -0.1) is 0 Å². The van der Waals surface area contributed by atoms with Gasteiger partial charge in [0.05, 0.1) is 5.69 Å². The molecule has 0 bridgehead atoms. The van der Waals surface area contributed by atoms with Gasteiger partial charge in [0, 0.05) is 37.1 Å². The van der Waals surface area contributed by atoms with Crippen molar-refractivity contribution in [1.82, 2.24) is 14.8 Å². The van der Waals surface area contributed by atoms with E-state index in [0.717, 1.165) is 0 Å². The molecule has 3 rings (SSSR count). The molecule has 0 atom stereocenters. The standard InChI is InChI=1S/C17H16ClFN6O/c1-25-14(8-15(18)24-25)17(26)23-11-4-5-12(19)10(7-11)9-22-13-3-2-6-21-16(13)20/h2-8,22H,9H2,1H3,(H2,20,21)(H,23,26). The van der Waals surface area contributed by atoms with Gasteiger partial charge in [-0.25, -0.2) is 9.37 Å². The highest BCUT2D eigenvalue weighted by Gasteiger charge is 2.14. The van der Waals surface area contributed by atoms with Crippen LogP contribution in [0.15, 0.2) is 42.6 Å². The molecule has 1 aromatic carbocycles. The van der Waals surface area contributed by atoms with E-state index in [1.165, 1.54) is 22.9 Å². The number of aryl methyl sites for hydroxylation is 1. The van der Waals surface area contributed by atoms with Crippen LogP contribution < -0.4 is 16.4 Å². The number of pyridine rings is 1. The first kappa shape index (κ1) is 17.7. The number of hydrogen-bond acceptors (Lipinski definition) is 5. The van der Waals surface area contributed by atoms with Crippen LogP contribution in [0, 0.1) is 5.82 Å². The first-order valence-electron chi connectivity index (χ1n) is 7.67. The number of aromatic nitrogens is 3. The average molecular weight is 375 g/mol. The minimum atomic E-state index is -0.401. The van der Waals surface area contributed by atoms with Gasteiger partial charge in [-0.3, -0.25) is 9.48 Å². The molecule has 0 spiro atoms. The number of amides is 1. The molecule has 2 heterocycles. The largest absolute Gasteiger partial charge is 0.382 e. The van der Waals surface area contributed by atoms with Crippen molar-refractivity contribution in [2.24, 2.45) is 7.05 Å². The van der Waals surface area contributed by atoms with Crippen molar-refractivity contribution < 1.29 is 9.18 Å². The Hall–Kier alpha value is -3.13. The third-order valence-electron chi connectivity index (χ3n) is 3.69. The Bertz CT molecular complexity index is 958. The summed E-state index contributed by atoms with van der Waals surface area (Å²) >= 11 is 5.79. The van der Waals surface area contributed by atoms with Gasteiger partial charge in [-0.05, 0) is 30.3 Å². The van der Waals surface area contributed by atoms with Crippen LogP contribution in [-0.4, -0.2) is 20.7 Å². The van der Waals surface area contributed by atoms with E-state index in [0.29, 0.717) is 28.5 Å². The first-order valence-corrected chi connectivity index (χ1v) is 8.05. The Morgan fingerprint density at radius 1 is 1.35 bits per heavy atom. The van der Waals surface area contributed by atoms with Gasteiger partial charge in [0.15, 0.2) is 5.15 Å². The lowest BCUT2D eigenvalue weighted by Crippen LogP contribution is -2.16. The molecular formula is C17H16ClFN6O. The molecule has 26 heavy (non-hydrogen) atoms. The van der Waals surface area contributed by atoms with Gasteiger partial charge >= 0.3 is 0 Å². The first-order chi connectivity index (χ1) is 12.4. The molecule has 134 valence electrons. The Kier molecular flexibility index (Phi) is 5.04. The van der Waals surface area contributed by atoms with Gasteiger partial charge in [-0.1, -0.05) is 11.6 Å². The fraction of sp³-hybridized carbons (Fsp3) is 0.118. The molecule has 0 saturated heterocycles. The van der Waals surface area contributed by atoms with E-state index in [4.69, 9.17) is 17.3 Å². The number of nitrogens with one attached hydrogen (secondary N) is 2. The SMILES string of the molecule is Cn1nc(Cl)cc1C(=O)Nc1ccc(F)c(CNc2cccnc2N)c1. The van der Waals surface area contributed by atoms with E-state index >= 15 is 0 Å². The fourth-order valence-electron chi connectivity index (χ4n) is 2.39. The van der Waals surface area contributed by atoms with Crippen LogP contribution >= 0.6 is 11.6 Å². The molecule has 7 nitrogen and oxygen atoms in total. The van der Waals surface area contributed by atoms with E-state index in [9.17, 15) is 9.18 Å². The van der Waals surface area contributed by atoms with E-state index in [1.54, 1.807) is 31.4 Å². The maximum Gasteiger partial charge on any atom is 0.273 e. The maximum absolute atomic E-state index is 14.1. The smallest absolute Gasteiger partial charge is 0.273 e. The fourth-order valence-corrected chi connectivity index (χ4v) is 2.60. The summed E-state index contributed by atoms with van der Waals surface area (Å²) in [4.78, 5) is 16.3. The number of nitrogen functional groups attached to an aromatic ring is 1. The topological polar surface area (TPSA) is 97.9 Å². The number of hydrogen-bond donors (Lipinski definition) is 3. The summed E-state index contributed by atoms with van der Waals surface area (Å²) in [6.07, 6.45) is 1.57. The zero-order chi connectivity index (χ0) is 18.7. The van der Waals surface area contributed by atoms with Crippen molar-refractivity contribution in [1.29, 1.82) is 0 Å². The summed E-state index contributed by atoms with van der Waals surface area (Å²) in [6.45, 7) is 0.184. The van der Waals surface area contributed by atoms with Crippen LogP contribution in [0.25, 0.3) is 0 Å². The molecular weight excluding hydrogens is 359 g/mol. The number of nitrogens with two attached hydrogens (primary N) is 1. The second kappa shape index (κ2) is 7.40. The zero-order valence-corrected chi connectivity index (χ0v) is 14.6. The van der Waals surface area contributed by atoms with Crippen LogP contribution in [0.5, 0.6) is 0 Å². The van der Waals surface area contributed by atoms with Crippen molar-refractivity contribution >= 4 is 34.7 Å². The number of nitrogens with zero attached hydrogens (tertiary/aromatic N) is 3. The molecule has 0 fully saturated rings. The molecule has 0 saturated carbocycles. The van der Waals surface area contributed by atoms with Crippen LogP contribution in [-0.2, 0) is 13.6 Å². The number of halogens is 2. The Morgan fingerprint density at radius 2 is 2.15 bits per heavy atom. The highest BCUT2D eigenvalue weighted by atomic mass is 35.5. The second-order valence-electron chi connectivity index (χ2n) is 5.53. The maximum atomic E-state index is 14.1. The third kappa shape index (κ3) is 3.92. The molecule has 0 radical (unpaired) electrons. The number of anilines is 3. The van der Waals surface area contributed by atoms with Gasteiger partial charge < -0.3 is 16.4 Å². The highest BCUT2D eigenvalue weighted by molar-refractivity contribution is 6.29. The normalized spacial score (nSPS) is 10.6. The molecule has 3 aromatic rings. The summed E-state index contributed by atoms with van der Waals surface area (Å²) < 4.78 is 15.4. The Balaban J connectivity index is 1.74. The van der Waals surface area contributed by atoms with Crippen LogP contribution in [0.4, 0.5) is 21.6 Å². The Labute approximate surface area is 154 Å². The monoisotopic (exact) mass is 374 g/mol. The lowest BCUT2D eigenvalue weighted by atomic mass is 10.1. The minimum Gasteiger partial charge on any atom is -0.382 e. The van der Waals surface area contributed by atoms with Crippen molar-refractivity contribution in [3.63, 3.8) is 0 Å². The molecule has 0 aliphatic heterocycles.